The third kappa shape index (κ3) is 2.83. The summed E-state index contributed by atoms with van der Waals surface area (Å²) in [7, 11) is 1.33. The van der Waals surface area contributed by atoms with E-state index < -0.39 is 5.97 Å². The Labute approximate surface area is 155 Å². The predicted octanol–water partition coefficient (Wildman–Crippen LogP) is 3.42. The number of aliphatic hydroxyl groups is 1. The number of carbonyl (C=O) groups is 1. The molecule has 0 saturated carbocycles. The summed E-state index contributed by atoms with van der Waals surface area (Å²) in [5.41, 5.74) is 4.24. The number of nitrogens with one attached hydrogen (secondary N) is 2. The Kier molecular flexibility index (Phi) is 3.92. The van der Waals surface area contributed by atoms with E-state index in [1.807, 2.05) is 25.1 Å². The van der Waals surface area contributed by atoms with Gasteiger partial charge in [-0.05, 0) is 48.9 Å². The molecule has 0 amide bonds. The molecule has 0 radical (unpaired) electrons. The van der Waals surface area contributed by atoms with Crippen molar-refractivity contribution >= 4 is 34.1 Å². The molecule has 1 aromatic heterocycles. The molecule has 3 N–H and O–H groups in total. The average Bonchev–Trinajstić information content (AvgIpc) is 3.20. The standard InChI is InChI=1S/C20H18N4O3/c1-11-3-8-14-15(9-11)23-19(22-14)17-16(25)10-24(18(17)21)13-6-4-12(5-7-13)20(26)27-2/h3-9,21,25H,10H2,1-2H3,(H,22,23). The molecule has 0 saturated heterocycles. The number of ether oxygens (including phenoxy) is 1. The number of hydrogen-bond donors (Lipinski definition) is 3. The second-order valence-corrected chi connectivity index (χ2v) is 6.40. The minimum Gasteiger partial charge on any atom is -0.509 e. The lowest BCUT2D eigenvalue weighted by molar-refractivity contribution is 0.0600. The third-order valence-electron chi connectivity index (χ3n) is 4.58. The monoisotopic (exact) mass is 362 g/mol. The Morgan fingerprint density at radius 2 is 2.00 bits per heavy atom. The molecule has 0 spiro atoms. The number of aryl methyl sites for hydroxylation is 1. The van der Waals surface area contributed by atoms with Crippen LogP contribution in [0.3, 0.4) is 0 Å². The Hall–Kier alpha value is -3.61. The highest BCUT2D eigenvalue weighted by Crippen LogP contribution is 2.31. The van der Waals surface area contributed by atoms with Gasteiger partial charge in [-0.3, -0.25) is 5.41 Å². The largest absolute Gasteiger partial charge is 0.509 e. The smallest absolute Gasteiger partial charge is 0.337 e. The van der Waals surface area contributed by atoms with E-state index in [0.717, 1.165) is 16.6 Å². The molecule has 0 aliphatic carbocycles. The van der Waals surface area contributed by atoms with Gasteiger partial charge in [0.2, 0.25) is 0 Å². The zero-order valence-corrected chi connectivity index (χ0v) is 14.9. The first kappa shape index (κ1) is 16.8. The molecule has 0 fully saturated rings. The van der Waals surface area contributed by atoms with Gasteiger partial charge < -0.3 is 19.7 Å². The molecular weight excluding hydrogens is 344 g/mol. The number of aliphatic hydroxyl groups excluding tert-OH is 1. The second kappa shape index (κ2) is 6.28. The van der Waals surface area contributed by atoms with Crippen LogP contribution in [0.15, 0.2) is 48.2 Å². The van der Waals surface area contributed by atoms with Gasteiger partial charge >= 0.3 is 5.97 Å². The number of nitrogens with zero attached hydrogens (tertiary/aromatic N) is 2. The number of amidine groups is 1. The van der Waals surface area contributed by atoms with Crippen LogP contribution < -0.4 is 4.90 Å². The molecular formula is C20H18N4O3. The lowest BCUT2D eigenvalue weighted by Gasteiger charge is -2.18. The number of esters is 1. The van der Waals surface area contributed by atoms with Gasteiger partial charge in [-0.2, -0.15) is 0 Å². The lowest BCUT2D eigenvalue weighted by atomic mass is 10.2. The van der Waals surface area contributed by atoms with Crippen LogP contribution in [-0.4, -0.2) is 40.5 Å². The number of fused-ring (bicyclic) bond motifs is 1. The number of aromatic amines is 1. The number of aromatic nitrogens is 2. The number of rotatable bonds is 3. The minimum atomic E-state index is -0.419. The molecule has 7 heteroatoms. The van der Waals surface area contributed by atoms with Crippen LogP contribution in [0.1, 0.15) is 21.7 Å². The average molecular weight is 362 g/mol. The van der Waals surface area contributed by atoms with Crippen LogP contribution >= 0.6 is 0 Å². The molecule has 27 heavy (non-hydrogen) atoms. The summed E-state index contributed by atoms with van der Waals surface area (Å²) in [6.07, 6.45) is 0. The van der Waals surface area contributed by atoms with Crippen molar-refractivity contribution in [2.75, 3.05) is 18.6 Å². The van der Waals surface area contributed by atoms with Crippen LogP contribution in [0.5, 0.6) is 0 Å². The van der Waals surface area contributed by atoms with E-state index in [2.05, 4.69) is 9.97 Å². The maximum Gasteiger partial charge on any atom is 0.337 e. The van der Waals surface area contributed by atoms with Gasteiger partial charge in [-0.25, -0.2) is 9.78 Å². The maximum atomic E-state index is 11.6. The zero-order chi connectivity index (χ0) is 19.1. The summed E-state index contributed by atoms with van der Waals surface area (Å²) in [6.45, 7) is 2.16. The van der Waals surface area contributed by atoms with Crippen molar-refractivity contribution in [3.05, 3.63) is 65.2 Å². The van der Waals surface area contributed by atoms with E-state index in [-0.39, 0.29) is 18.1 Å². The molecule has 2 heterocycles. The Morgan fingerprint density at radius 3 is 2.70 bits per heavy atom. The van der Waals surface area contributed by atoms with Crippen molar-refractivity contribution in [1.29, 1.82) is 5.41 Å². The Bertz CT molecular complexity index is 1100. The fourth-order valence-corrected chi connectivity index (χ4v) is 3.19. The number of imidazole rings is 1. The quantitative estimate of drug-likeness (QED) is 0.620. The number of carbonyl (C=O) groups excluding carboxylic acids is 1. The molecule has 136 valence electrons. The first-order chi connectivity index (χ1) is 13.0. The topological polar surface area (TPSA) is 102 Å². The van der Waals surface area contributed by atoms with Crippen molar-refractivity contribution in [2.45, 2.75) is 6.92 Å². The fourth-order valence-electron chi connectivity index (χ4n) is 3.19. The summed E-state index contributed by atoms with van der Waals surface area (Å²) in [5, 5.41) is 19.0. The first-order valence-corrected chi connectivity index (χ1v) is 8.41. The second-order valence-electron chi connectivity index (χ2n) is 6.40. The molecule has 0 atom stereocenters. The fraction of sp³-hybridized carbons (Fsp3) is 0.150. The van der Waals surface area contributed by atoms with Crippen molar-refractivity contribution in [1.82, 2.24) is 9.97 Å². The predicted molar refractivity (Wildman–Crippen MR) is 103 cm³/mol. The maximum absolute atomic E-state index is 11.6. The summed E-state index contributed by atoms with van der Waals surface area (Å²) in [6, 6.07) is 12.6. The summed E-state index contributed by atoms with van der Waals surface area (Å²) < 4.78 is 4.70. The van der Waals surface area contributed by atoms with E-state index in [9.17, 15) is 9.90 Å². The van der Waals surface area contributed by atoms with E-state index in [0.29, 0.717) is 22.6 Å². The van der Waals surface area contributed by atoms with Gasteiger partial charge in [0.15, 0.2) is 0 Å². The van der Waals surface area contributed by atoms with Crippen LogP contribution in [0.25, 0.3) is 16.6 Å². The molecule has 1 aliphatic rings. The van der Waals surface area contributed by atoms with E-state index in [1.54, 1.807) is 29.2 Å². The molecule has 0 bridgehead atoms. The van der Waals surface area contributed by atoms with Crippen molar-refractivity contribution in [3.63, 3.8) is 0 Å². The molecule has 1 aliphatic heterocycles. The number of benzene rings is 2. The number of hydrogen-bond acceptors (Lipinski definition) is 5. The molecule has 2 aromatic carbocycles. The molecule has 3 aromatic rings. The van der Waals surface area contributed by atoms with Crippen LogP contribution in [0, 0.1) is 12.3 Å². The van der Waals surface area contributed by atoms with Crippen LogP contribution in [0.4, 0.5) is 5.69 Å². The van der Waals surface area contributed by atoms with Crippen molar-refractivity contribution < 1.29 is 14.6 Å². The van der Waals surface area contributed by atoms with Gasteiger partial charge in [-0.15, -0.1) is 0 Å². The third-order valence-corrected chi connectivity index (χ3v) is 4.58. The number of anilines is 1. The number of methoxy groups -OCH3 is 1. The highest BCUT2D eigenvalue weighted by Gasteiger charge is 2.31. The first-order valence-electron chi connectivity index (χ1n) is 8.41. The van der Waals surface area contributed by atoms with Crippen molar-refractivity contribution in [2.24, 2.45) is 0 Å². The molecule has 7 nitrogen and oxygen atoms in total. The van der Waals surface area contributed by atoms with Gasteiger partial charge in [0.1, 0.15) is 17.4 Å². The van der Waals surface area contributed by atoms with Crippen molar-refractivity contribution in [3.8, 4) is 0 Å². The SMILES string of the molecule is COC(=O)c1ccc(N2CC(O)=C(c3nc4ccc(C)cc4[nH]3)C2=N)cc1. The van der Waals surface area contributed by atoms with Crippen LogP contribution in [0.2, 0.25) is 0 Å². The normalized spacial score (nSPS) is 14.3. The van der Waals surface area contributed by atoms with Crippen LogP contribution in [-0.2, 0) is 4.74 Å². The highest BCUT2D eigenvalue weighted by atomic mass is 16.5. The summed E-state index contributed by atoms with van der Waals surface area (Å²) in [4.78, 5) is 20.9. The van der Waals surface area contributed by atoms with E-state index >= 15 is 0 Å². The van der Waals surface area contributed by atoms with Gasteiger partial charge in [0, 0.05) is 5.69 Å². The van der Waals surface area contributed by atoms with Gasteiger partial charge in [0.25, 0.3) is 0 Å². The van der Waals surface area contributed by atoms with Gasteiger partial charge in [0.05, 0.1) is 35.8 Å². The van der Waals surface area contributed by atoms with Gasteiger partial charge in [-0.1, -0.05) is 6.07 Å². The Morgan fingerprint density at radius 1 is 1.26 bits per heavy atom. The van der Waals surface area contributed by atoms with E-state index in [4.69, 9.17) is 10.1 Å². The zero-order valence-electron chi connectivity index (χ0n) is 14.9. The molecule has 0 unspecified atom stereocenters. The lowest BCUT2D eigenvalue weighted by Crippen LogP contribution is -2.26. The summed E-state index contributed by atoms with van der Waals surface area (Å²) in [5.74, 6) is 0.269. The summed E-state index contributed by atoms with van der Waals surface area (Å²) >= 11 is 0. The highest BCUT2D eigenvalue weighted by molar-refractivity contribution is 6.30. The Balaban J connectivity index is 1.65. The number of H-pyrrole nitrogens is 1. The minimum absolute atomic E-state index is 0.0767. The molecule has 4 rings (SSSR count). The van der Waals surface area contributed by atoms with E-state index in [1.165, 1.54) is 7.11 Å².